The zero-order valence-corrected chi connectivity index (χ0v) is 12.0. The van der Waals surface area contributed by atoms with Gasteiger partial charge in [0.15, 0.2) is 0 Å². The van der Waals surface area contributed by atoms with Crippen molar-refractivity contribution in [3.8, 4) is 5.75 Å². The van der Waals surface area contributed by atoms with Crippen molar-refractivity contribution >= 4 is 5.91 Å². The number of β-amino-alcohol motifs (C(OH)–C–C–N with tert-alkyl or cyclic N) is 1. The predicted octanol–water partition coefficient (Wildman–Crippen LogP) is 2.52. The average Bonchev–Trinajstić information content (AvgIpc) is 2.46. The molecule has 1 heterocycles. The highest BCUT2D eigenvalue weighted by molar-refractivity contribution is 5.76. The zero-order valence-electron chi connectivity index (χ0n) is 12.0. The van der Waals surface area contributed by atoms with Gasteiger partial charge < -0.3 is 14.7 Å². The second kappa shape index (κ2) is 7.29. The molecule has 0 spiro atoms. The molecule has 1 unspecified atom stereocenters. The van der Waals surface area contributed by atoms with Crippen LogP contribution in [-0.4, -0.2) is 36.1 Å². The highest BCUT2D eigenvalue weighted by Gasteiger charge is 2.21. The molecule has 1 aromatic carbocycles. The minimum absolute atomic E-state index is 0.152. The van der Waals surface area contributed by atoms with Crippen LogP contribution >= 0.6 is 0 Å². The SMILES string of the molecule is COc1ccccc1C(O)CN1CCCCCCC1=O. The van der Waals surface area contributed by atoms with Crippen molar-refractivity contribution in [2.45, 2.75) is 38.2 Å². The van der Waals surface area contributed by atoms with Crippen molar-refractivity contribution in [3.63, 3.8) is 0 Å². The van der Waals surface area contributed by atoms with Gasteiger partial charge in [0, 0.05) is 18.5 Å². The Morgan fingerprint density at radius 3 is 2.80 bits per heavy atom. The average molecular weight is 277 g/mol. The molecular formula is C16H23NO3. The monoisotopic (exact) mass is 277 g/mol. The minimum Gasteiger partial charge on any atom is -0.496 e. The van der Waals surface area contributed by atoms with Crippen LogP contribution in [-0.2, 0) is 4.79 Å². The third-order valence-corrected chi connectivity index (χ3v) is 3.81. The Balaban J connectivity index is 2.05. The van der Waals surface area contributed by atoms with Gasteiger partial charge in [-0.2, -0.15) is 0 Å². The Bertz CT molecular complexity index is 447. The van der Waals surface area contributed by atoms with Gasteiger partial charge in [-0.3, -0.25) is 4.79 Å². The number of nitrogens with zero attached hydrogens (tertiary/aromatic N) is 1. The highest BCUT2D eigenvalue weighted by Crippen LogP contribution is 2.26. The number of aliphatic hydroxyl groups excluding tert-OH is 1. The van der Waals surface area contributed by atoms with Gasteiger partial charge in [0.1, 0.15) is 11.9 Å². The lowest BCUT2D eigenvalue weighted by Crippen LogP contribution is -2.36. The Morgan fingerprint density at radius 2 is 2.00 bits per heavy atom. The molecular weight excluding hydrogens is 254 g/mol. The highest BCUT2D eigenvalue weighted by atomic mass is 16.5. The van der Waals surface area contributed by atoms with Crippen molar-refractivity contribution in [1.29, 1.82) is 0 Å². The summed E-state index contributed by atoms with van der Waals surface area (Å²) in [4.78, 5) is 13.9. The van der Waals surface area contributed by atoms with E-state index in [0.717, 1.165) is 37.8 Å². The van der Waals surface area contributed by atoms with Crippen molar-refractivity contribution in [2.24, 2.45) is 0 Å². The number of hydrogen-bond donors (Lipinski definition) is 1. The molecule has 0 aromatic heterocycles. The van der Waals surface area contributed by atoms with E-state index in [-0.39, 0.29) is 5.91 Å². The van der Waals surface area contributed by atoms with Crippen LogP contribution in [0.25, 0.3) is 0 Å². The zero-order chi connectivity index (χ0) is 14.4. The molecule has 0 aliphatic carbocycles. The molecule has 1 aliphatic heterocycles. The molecule has 4 heteroatoms. The number of likely N-dealkylation sites (tertiary alicyclic amines) is 1. The van der Waals surface area contributed by atoms with E-state index in [4.69, 9.17) is 4.74 Å². The summed E-state index contributed by atoms with van der Waals surface area (Å²) < 4.78 is 5.26. The molecule has 20 heavy (non-hydrogen) atoms. The summed E-state index contributed by atoms with van der Waals surface area (Å²) in [5.41, 5.74) is 0.741. The van der Waals surface area contributed by atoms with Crippen LogP contribution in [0.3, 0.4) is 0 Å². The van der Waals surface area contributed by atoms with Crippen molar-refractivity contribution < 1.29 is 14.6 Å². The van der Waals surface area contributed by atoms with Gasteiger partial charge in [-0.15, -0.1) is 0 Å². The number of para-hydroxylation sites is 1. The maximum absolute atomic E-state index is 12.1. The van der Waals surface area contributed by atoms with Crippen LogP contribution < -0.4 is 4.74 Å². The van der Waals surface area contributed by atoms with E-state index in [2.05, 4.69) is 0 Å². The van der Waals surface area contributed by atoms with E-state index in [1.807, 2.05) is 24.3 Å². The number of carbonyl (C=O) groups is 1. The van der Waals surface area contributed by atoms with E-state index in [1.165, 1.54) is 0 Å². The molecule has 0 bridgehead atoms. The van der Waals surface area contributed by atoms with Crippen LogP contribution in [0.15, 0.2) is 24.3 Å². The van der Waals surface area contributed by atoms with Crippen LogP contribution in [0.5, 0.6) is 5.75 Å². The van der Waals surface area contributed by atoms with Gasteiger partial charge in [-0.05, 0) is 18.9 Å². The van der Waals surface area contributed by atoms with E-state index in [9.17, 15) is 9.90 Å². The summed E-state index contributed by atoms with van der Waals surface area (Å²) in [7, 11) is 1.59. The fraction of sp³-hybridized carbons (Fsp3) is 0.562. The van der Waals surface area contributed by atoms with Crippen molar-refractivity contribution in [2.75, 3.05) is 20.2 Å². The van der Waals surface area contributed by atoms with Gasteiger partial charge in [0.2, 0.25) is 5.91 Å². The molecule has 110 valence electrons. The van der Waals surface area contributed by atoms with E-state index < -0.39 is 6.10 Å². The number of aliphatic hydroxyl groups is 1. The quantitative estimate of drug-likeness (QED) is 0.920. The fourth-order valence-electron chi connectivity index (χ4n) is 2.66. The third-order valence-electron chi connectivity index (χ3n) is 3.81. The Hall–Kier alpha value is -1.55. The number of rotatable bonds is 4. The first kappa shape index (κ1) is 14.9. The molecule has 4 nitrogen and oxygen atoms in total. The van der Waals surface area contributed by atoms with Gasteiger partial charge in [-0.1, -0.05) is 31.0 Å². The Morgan fingerprint density at radius 1 is 1.25 bits per heavy atom. The first-order valence-electron chi connectivity index (χ1n) is 7.31. The third kappa shape index (κ3) is 3.73. The lowest BCUT2D eigenvalue weighted by Gasteiger charge is -2.27. The minimum atomic E-state index is -0.700. The fourth-order valence-corrected chi connectivity index (χ4v) is 2.66. The lowest BCUT2D eigenvalue weighted by molar-refractivity contribution is -0.133. The largest absolute Gasteiger partial charge is 0.496 e. The number of ether oxygens (including phenoxy) is 1. The number of benzene rings is 1. The summed E-state index contributed by atoms with van der Waals surface area (Å²) in [6.45, 7) is 1.09. The summed E-state index contributed by atoms with van der Waals surface area (Å²) in [5.74, 6) is 0.818. The number of methoxy groups -OCH3 is 1. The summed E-state index contributed by atoms with van der Waals surface area (Å²) in [6.07, 6.45) is 4.17. The Labute approximate surface area is 120 Å². The predicted molar refractivity (Wildman–Crippen MR) is 77.6 cm³/mol. The van der Waals surface area contributed by atoms with Crippen LogP contribution in [0.2, 0.25) is 0 Å². The van der Waals surface area contributed by atoms with Crippen LogP contribution in [0.4, 0.5) is 0 Å². The molecule has 1 aliphatic rings. The molecule has 1 amide bonds. The normalized spacial score (nSPS) is 18.3. The molecule has 1 saturated heterocycles. The molecule has 1 N–H and O–H groups in total. The maximum atomic E-state index is 12.1. The van der Waals surface area contributed by atoms with Gasteiger partial charge in [-0.25, -0.2) is 0 Å². The number of hydrogen-bond acceptors (Lipinski definition) is 3. The van der Waals surface area contributed by atoms with Crippen LogP contribution in [0, 0.1) is 0 Å². The van der Waals surface area contributed by atoms with Crippen molar-refractivity contribution in [3.05, 3.63) is 29.8 Å². The van der Waals surface area contributed by atoms with Gasteiger partial charge in [0.05, 0.1) is 13.7 Å². The van der Waals surface area contributed by atoms with E-state index >= 15 is 0 Å². The molecule has 0 radical (unpaired) electrons. The topological polar surface area (TPSA) is 49.8 Å². The molecule has 2 rings (SSSR count). The second-order valence-electron chi connectivity index (χ2n) is 5.26. The summed E-state index contributed by atoms with van der Waals surface area (Å²) in [5, 5.41) is 10.4. The molecule has 1 aromatic rings. The second-order valence-corrected chi connectivity index (χ2v) is 5.26. The summed E-state index contributed by atoms with van der Waals surface area (Å²) >= 11 is 0. The number of carbonyl (C=O) groups excluding carboxylic acids is 1. The van der Waals surface area contributed by atoms with Crippen molar-refractivity contribution in [1.82, 2.24) is 4.90 Å². The summed E-state index contributed by atoms with van der Waals surface area (Å²) in [6, 6.07) is 7.42. The molecule has 1 atom stereocenters. The number of amides is 1. The lowest BCUT2D eigenvalue weighted by atomic mass is 10.0. The van der Waals surface area contributed by atoms with Crippen LogP contribution in [0.1, 0.15) is 43.8 Å². The van der Waals surface area contributed by atoms with Gasteiger partial charge >= 0.3 is 0 Å². The first-order chi connectivity index (χ1) is 9.72. The van der Waals surface area contributed by atoms with Gasteiger partial charge in [0.25, 0.3) is 0 Å². The van der Waals surface area contributed by atoms with E-state index in [0.29, 0.717) is 18.7 Å². The molecule has 0 saturated carbocycles. The Kier molecular flexibility index (Phi) is 5.41. The smallest absolute Gasteiger partial charge is 0.222 e. The maximum Gasteiger partial charge on any atom is 0.222 e. The first-order valence-corrected chi connectivity index (χ1v) is 7.31. The van der Waals surface area contributed by atoms with E-state index in [1.54, 1.807) is 12.0 Å². The standard InChI is InChI=1S/C16H23NO3/c1-20-15-9-6-5-8-13(15)14(18)12-17-11-7-3-2-4-10-16(17)19/h5-6,8-9,14,18H,2-4,7,10-12H2,1H3. The molecule has 1 fully saturated rings.